The van der Waals surface area contributed by atoms with Gasteiger partial charge in [-0.3, -0.25) is 0 Å². The summed E-state index contributed by atoms with van der Waals surface area (Å²) in [6.07, 6.45) is -3.55. The van der Waals surface area contributed by atoms with Gasteiger partial charge in [-0.05, 0) is 6.07 Å². The number of carbonyl (C=O) groups is 1. The van der Waals surface area contributed by atoms with E-state index in [1.807, 2.05) is 0 Å². The van der Waals surface area contributed by atoms with Gasteiger partial charge in [-0.2, -0.15) is 18.2 Å². The molecular weight excluding hydrogens is 241 g/mol. The van der Waals surface area contributed by atoms with E-state index in [0.29, 0.717) is 0 Å². The van der Waals surface area contributed by atoms with Gasteiger partial charge >= 0.3 is 12.1 Å². The molecule has 17 heavy (non-hydrogen) atoms. The van der Waals surface area contributed by atoms with Crippen molar-refractivity contribution in [2.24, 2.45) is 0 Å². The van der Waals surface area contributed by atoms with Crippen molar-refractivity contribution in [3.8, 4) is 0 Å². The summed E-state index contributed by atoms with van der Waals surface area (Å²) in [6, 6.07) is 0.739. The smallest absolute Gasteiger partial charge is 0.433 e. The summed E-state index contributed by atoms with van der Waals surface area (Å²) in [5.74, 6) is -1.51. The highest BCUT2D eigenvalue weighted by Crippen LogP contribution is 2.27. The minimum Gasteiger partial charge on any atom is -0.463 e. The van der Waals surface area contributed by atoms with Crippen LogP contribution in [-0.2, 0) is 10.9 Å². The molecule has 2 rings (SSSR count). The van der Waals surface area contributed by atoms with Crippen LogP contribution in [0.2, 0.25) is 0 Å². The highest BCUT2D eigenvalue weighted by Gasteiger charge is 2.33. The van der Waals surface area contributed by atoms with Crippen molar-refractivity contribution >= 4 is 11.7 Å². The fraction of sp³-hybridized carbons (Fsp3) is 0.250. The summed E-state index contributed by atoms with van der Waals surface area (Å²) in [4.78, 5) is 17.8. The zero-order valence-corrected chi connectivity index (χ0v) is 8.39. The van der Waals surface area contributed by atoms with Crippen LogP contribution in [-0.4, -0.2) is 32.7 Å². The molecule has 0 fully saturated rings. The normalized spacial score (nSPS) is 11.8. The number of fused-ring (bicyclic) bond motifs is 1. The van der Waals surface area contributed by atoms with Gasteiger partial charge in [0.05, 0.1) is 7.11 Å². The first-order valence-corrected chi connectivity index (χ1v) is 4.31. The fourth-order valence-corrected chi connectivity index (χ4v) is 1.11. The standard InChI is InChI=1S/C8H5F3N4O2/c1-17-6(16)5-13-7-12-4(8(9,10)11)2-3-15(7)14-5/h2-3H,1H3. The Hall–Kier alpha value is -2.19. The van der Waals surface area contributed by atoms with Crippen molar-refractivity contribution in [1.29, 1.82) is 0 Å². The molecule has 0 amide bonds. The maximum absolute atomic E-state index is 12.3. The summed E-state index contributed by atoms with van der Waals surface area (Å²) in [6.45, 7) is 0. The predicted molar refractivity (Wildman–Crippen MR) is 47.1 cm³/mol. The Morgan fingerprint density at radius 1 is 1.41 bits per heavy atom. The van der Waals surface area contributed by atoms with E-state index in [0.717, 1.165) is 23.9 Å². The van der Waals surface area contributed by atoms with E-state index < -0.39 is 17.8 Å². The minimum atomic E-state index is -4.57. The van der Waals surface area contributed by atoms with Crippen LogP contribution in [0.25, 0.3) is 5.78 Å². The van der Waals surface area contributed by atoms with E-state index in [4.69, 9.17) is 0 Å². The Morgan fingerprint density at radius 2 is 2.12 bits per heavy atom. The first-order chi connectivity index (χ1) is 7.91. The lowest BCUT2D eigenvalue weighted by atomic mass is 10.4. The van der Waals surface area contributed by atoms with Crippen molar-refractivity contribution in [1.82, 2.24) is 19.6 Å². The van der Waals surface area contributed by atoms with E-state index in [1.165, 1.54) is 0 Å². The molecule has 0 aromatic carbocycles. The molecule has 0 bridgehead atoms. The minimum absolute atomic E-state index is 0.319. The summed E-state index contributed by atoms with van der Waals surface area (Å²) in [7, 11) is 1.11. The van der Waals surface area contributed by atoms with Crippen LogP contribution in [0.15, 0.2) is 12.3 Å². The zero-order valence-electron chi connectivity index (χ0n) is 8.39. The number of hydrogen-bond acceptors (Lipinski definition) is 5. The maximum atomic E-state index is 12.3. The summed E-state index contributed by atoms with van der Waals surface area (Å²) in [5, 5.41) is 3.61. The third-order valence-corrected chi connectivity index (χ3v) is 1.87. The number of hydrogen-bond donors (Lipinski definition) is 0. The van der Waals surface area contributed by atoms with E-state index in [1.54, 1.807) is 0 Å². The largest absolute Gasteiger partial charge is 0.463 e. The molecule has 2 aromatic heterocycles. The van der Waals surface area contributed by atoms with E-state index in [-0.39, 0.29) is 11.6 Å². The van der Waals surface area contributed by atoms with Crippen molar-refractivity contribution in [2.45, 2.75) is 6.18 Å². The zero-order chi connectivity index (χ0) is 12.6. The van der Waals surface area contributed by atoms with Gasteiger partial charge in [-0.25, -0.2) is 14.3 Å². The Kier molecular flexibility index (Phi) is 2.45. The van der Waals surface area contributed by atoms with E-state index >= 15 is 0 Å². The van der Waals surface area contributed by atoms with Gasteiger partial charge in [0, 0.05) is 6.20 Å². The van der Waals surface area contributed by atoms with Gasteiger partial charge < -0.3 is 4.74 Å². The number of esters is 1. The lowest BCUT2D eigenvalue weighted by molar-refractivity contribution is -0.141. The Labute approximate surface area is 92.0 Å². The highest BCUT2D eigenvalue weighted by atomic mass is 19.4. The maximum Gasteiger partial charge on any atom is 0.433 e. The topological polar surface area (TPSA) is 69.4 Å². The molecule has 9 heteroatoms. The Bertz CT molecular complexity index is 578. The van der Waals surface area contributed by atoms with Crippen LogP contribution in [0, 0.1) is 0 Å². The lowest BCUT2D eigenvalue weighted by Gasteiger charge is -2.03. The molecule has 2 heterocycles. The number of rotatable bonds is 1. The fourth-order valence-electron chi connectivity index (χ4n) is 1.11. The van der Waals surface area contributed by atoms with Crippen molar-refractivity contribution < 1.29 is 22.7 Å². The van der Waals surface area contributed by atoms with Gasteiger partial charge in [0.25, 0.3) is 11.6 Å². The van der Waals surface area contributed by atoms with Gasteiger partial charge in [-0.1, -0.05) is 0 Å². The second-order valence-electron chi connectivity index (χ2n) is 2.98. The average molecular weight is 246 g/mol. The van der Waals surface area contributed by atoms with Crippen LogP contribution in [0.3, 0.4) is 0 Å². The molecule has 0 unspecified atom stereocenters. The highest BCUT2D eigenvalue weighted by molar-refractivity contribution is 5.85. The molecule has 0 spiro atoms. The molecule has 0 saturated carbocycles. The van der Waals surface area contributed by atoms with Crippen LogP contribution in [0.5, 0.6) is 0 Å². The molecule has 0 aliphatic rings. The van der Waals surface area contributed by atoms with Crippen molar-refractivity contribution in [2.75, 3.05) is 7.11 Å². The van der Waals surface area contributed by atoms with E-state index in [2.05, 4.69) is 19.8 Å². The number of carbonyl (C=O) groups excluding carboxylic acids is 1. The summed E-state index contributed by atoms with van der Waals surface area (Å²) in [5.41, 5.74) is -1.10. The molecule has 0 saturated heterocycles. The number of halogens is 3. The monoisotopic (exact) mass is 246 g/mol. The second-order valence-corrected chi connectivity index (χ2v) is 2.98. The van der Waals surface area contributed by atoms with Gasteiger partial charge in [-0.15, -0.1) is 5.10 Å². The number of aromatic nitrogens is 4. The molecule has 6 nitrogen and oxygen atoms in total. The van der Waals surface area contributed by atoms with Crippen LogP contribution in [0.4, 0.5) is 13.2 Å². The van der Waals surface area contributed by atoms with Crippen molar-refractivity contribution in [3.05, 3.63) is 23.8 Å². The molecule has 0 atom stereocenters. The molecule has 0 radical (unpaired) electrons. The molecule has 2 aromatic rings. The van der Waals surface area contributed by atoms with Crippen molar-refractivity contribution in [3.63, 3.8) is 0 Å². The average Bonchev–Trinajstić information content (AvgIpc) is 2.69. The number of ether oxygens (including phenoxy) is 1. The molecule has 90 valence electrons. The molecule has 0 aliphatic carbocycles. The van der Waals surface area contributed by atoms with Crippen LogP contribution in [0.1, 0.15) is 16.3 Å². The molecule has 0 aliphatic heterocycles. The third kappa shape index (κ3) is 2.03. The first-order valence-electron chi connectivity index (χ1n) is 4.31. The number of alkyl halides is 3. The molecular formula is C8H5F3N4O2. The SMILES string of the molecule is COC(=O)c1nc2nc(C(F)(F)F)ccn2n1. The van der Waals surface area contributed by atoms with Gasteiger partial charge in [0.2, 0.25) is 0 Å². The Morgan fingerprint density at radius 3 is 2.71 bits per heavy atom. The third-order valence-electron chi connectivity index (χ3n) is 1.87. The first kappa shape index (κ1) is 11.3. The Balaban J connectivity index is 2.52. The second kappa shape index (κ2) is 3.68. The van der Waals surface area contributed by atoms with E-state index in [9.17, 15) is 18.0 Å². The van der Waals surface area contributed by atoms with Crippen LogP contribution < -0.4 is 0 Å². The van der Waals surface area contributed by atoms with Gasteiger partial charge in [0.1, 0.15) is 5.69 Å². The summed E-state index contributed by atoms with van der Waals surface area (Å²) >= 11 is 0. The summed E-state index contributed by atoms with van der Waals surface area (Å²) < 4.78 is 42.3. The van der Waals surface area contributed by atoms with Gasteiger partial charge in [0.15, 0.2) is 0 Å². The van der Waals surface area contributed by atoms with Crippen LogP contribution >= 0.6 is 0 Å². The number of methoxy groups -OCH3 is 1. The quantitative estimate of drug-likeness (QED) is 0.700. The lowest BCUT2D eigenvalue weighted by Crippen LogP contribution is -2.09. The molecule has 0 N–H and O–H groups in total. The predicted octanol–water partition coefficient (Wildman–Crippen LogP) is 0.930. The number of nitrogens with zero attached hydrogens (tertiary/aromatic N) is 4.